The maximum Gasteiger partial charge on any atom is 0.229 e. The van der Waals surface area contributed by atoms with Crippen LogP contribution in [0.1, 0.15) is 62.8 Å². The molecule has 4 saturated carbocycles. The average Bonchev–Trinajstić information content (AvgIpc) is 2.89. The number of amides is 1. The molecule has 1 amide bonds. The summed E-state index contributed by atoms with van der Waals surface area (Å²) in [6.45, 7) is 6.72. The minimum atomic E-state index is -0.0313. The molecule has 4 fully saturated rings. The van der Waals surface area contributed by atoms with Gasteiger partial charge in [0.25, 0.3) is 0 Å². The molecule has 0 saturated heterocycles. The molecule has 23 heavy (non-hydrogen) atoms. The van der Waals surface area contributed by atoms with Gasteiger partial charge in [0, 0.05) is 18.0 Å². The van der Waals surface area contributed by atoms with E-state index in [1.54, 1.807) is 0 Å². The first-order valence-corrected chi connectivity index (χ1v) is 10.1. The fourth-order valence-corrected chi connectivity index (χ4v) is 8.33. The van der Waals surface area contributed by atoms with Crippen LogP contribution in [-0.4, -0.2) is 17.4 Å². The van der Waals surface area contributed by atoms with Crippen LogP contribution >= 0.6 is 11.3 Å². The van der Waals surface area contributed by atoms with Crippen LogP contribution in [0.2, 0.25) is 0 Å². The largest absolute Gasteiger partial charge is 0.337 e. The first kappa shape index (κ1) is 14.5. The van der Waals surface area contributed by atoms with E-state index in [9.17, 15) is 4.79 Å². The van der Waals surface area contributed by atoms with E-state index in [2.05, 4.69) is 30.2 Å². The zero-order valence-electron chi connectivity index (χ0n) is 14.4. The van der Waals surface area contributed by atoms with E-state index in [0.29, 0.717) is 16.7 Å². The van der Waals surface area contributed by atoms with Crippen LogP contribution in [0.4, 0.5) is 0 Å². The second kappa shape index (κ2) is 4.41. The lowest BCUT2D eigenvalue weighted by atomic mass is 9.40. The van der Waals surface area contributed by atoms with Crippen LogP contribution < -0.4 is 0 Å². The highest BCUT2D eigenvalue weighted by molar-refractivity contribution is 7.10. The molecule has 0 N–H and O–H groups in total. The Bertz CT molecular complexity index is 659. The standard InChI is InChI=1S/C20H27NOS/c1-18-7-14-8-19(2,11-18)13-20(9-14,12-18)17(22)21-5-3-16-15(10-21)4-6-23-16/h4,6,14H,3,5,7-13H2,1-2H3/t14?,18-,19-,20?/m0/s1. The van der Waals surface area contributed by atoms with Crippen LogP contribution in [0.15, 0.2) is 11.4 Å². The number of carbonyl (C=O) groups is 1. The molecule has 0 aromatic carbocycles. The number of nitrogens with zero attached hydrogens (tertiary/aromatic N) is 1. The van der Waals surface area contributed by atoms with Crippen molar-refractivity contribution in [3.63, 3.8) is 0 Å². The molecule has 124 valence electrons. The highest BCUT2D eigenvalue weighted by atomic mass is 32.1. The molecule has 2 nitrogen and oxygen atoms in total. The maximum atomic E-state index is 13.6. The number of hydrogen-bond acceptors (Lipinski definition) is 2. The Labute approximate surface area is 143 Å². The van der Waals surface area contributed by atoms with Gasteiger partial charge >= 0.3 is 0 Å². The fraction of sp³-hybridized carbons (Fsp3) is 0.750. The predicted molar refractivity (Wildman–Crippen MR) is 93.3 cm³/mol. The maximum absolute atomic E-state index is 13.6. The van der Waals surface area contributed by atoms with E-state index >= 15 is 0 Å². The average molecular weight is 330 g/mol. The Morgan fingerprint density at radius 3 is 2.61 bits per heavy atom. The number of rotatable bonds is 1. The third-order valence-corrected chi connectivity index (χ3v) is 8.20. The normalized spacial score (nSPS) is 44.4. The molecule has 1 aromatic rings. The summed E-state index contributed by atoms with van der Waals surface area (Å²) in [5.41, 5.74) is 2.22. The van der Waals surface area contributed by atoms with Crippen molar-refractivity contribution in [2.45, 2.75) is 65.3 Å². The van der Waals surface area contributed by atoms with Crippen LogP contribution in [-0.2, 0) is 17.8 Å². The lowest BCUT2D eigenvalue weighted by Crippen LogP contribution is -2.60. The summed E-state index contributed by atoms with van der Waals surface area (Å²) in [4.78, 5) is 17.3. The SMILES string of the molecule is C[C@@]12CC3CC(C(=O)N4CCc5sccc5C4)(C1)C[C@@](C)(C3)C2. The molecule has 0 radical (unpaired) electrons. The summed E-state index contributed by atoms with van der Waals surface area (Å²) in [6, 6.07) is 2.22. The molecular weight excluding hydrogens is 302 g/mol. The molecule has 2 atom stereocenters. The van der Waals surface area contributed by atoms with Gasteiger partial charge in [-0.1, -0.05) is 13.8 Å². The van der Waals surface area contributed by atoms with E-state index < -0.39 is 0 Å². The van der Waals surface area contributed by atoms with E-state index in [0.717, 1.165) is 38.3 Å². The minimum absolute atomic E-state index is 0.0313. The Kier molecular flexibility index (Phi) is 2.78. The van der Waals surface area contributed by atoms with Crippen molar-refractivity contribution in [2.24, 2.45) is 22.2 Å². The van der Waals surface area contributed by atoms with Crippen molar-refractivity contribution in [1.29, 1.82) is 0 Å². The summed E-state index contributed by atoms with van der Waals surface area (Å²) in [5, 5.41) is 2.19. The van der Waals surface area contributed by atoms with Gasteiger partial charge in [-0.15, -0.1) is 11.3 Å². The first-order valence-electron chi connectivity index (χ1n) is 9.24. The topological polar surface area (TPSA) is 20.3 Å². The van der Waals surface area contributed by atoms with Gasteiger partial charge < -0.3 is 4.90 Å². The van der Waals surface area contributed by atoms with Crippen LogP contribution in [0.5, 0.6) is 0 Å². The Morgan fingerprint density at radius 2 is 1.91 bits per heavy atom. The molecule has 0 unspecified atom stereocenters. The molecule has 4 aliphatic carbocycles. The fourth-order valence-electron chi connectivity index (χ4n) is 7.44. The van der Waals surface area contributed by atoms with Crippen molar-refractivity contribution in [3.8, 4) is 0 Å². The summed E-state index contributed by atoms with van der Waals surface area (Å²) in [7, 11) is 0. The highest BCUT2D eigenvalue weighted by Gasteiger charge is 2.63. The van der Waals surface area contributed by atoms with Gasteiger partial charge in [-0.3, -0.25) is 4.79 Å². The molecule has 4 bridgehead atoms. The van der Waals surface area contributed by atoms with Crippen molar-refractivity contribution in [1.82, 2.24) is 4.90 Å². The summed E-state index contributed by atoms with van der Waals surface area (Å²) >= 11 is 1.86. The Hall–Kier alpha value is -0.830. The van der Waals surface area contributed by atoms with E-state index in [1.165, 1.54) is 36.1 Å². The first-order chi connectivity index (χ1) is 10.9. The van der Waals surface area contributed by atoms with Gasteiger partial charge in [0.1, 0.15) is 0 Å². The smallest absolute Gasteiger partial charge is 0.229 e. The lowest BCUT2D eigenvalue weighted by molar-refractivity contribution is -0.180. The van der Waals surface area contributed by atoms with Gasteiger partial charge in [-0.05, 0) is 78.7 Å². The van der Waals surface area contributed by atoms with Gasteiger partial charge in [0.15, 0.2) is 0 Å². The zero-order chi connectivity index (χ0) is 15.9. The summed E-state index contributed by atoms with van der Waals surface area (Å²) in [6.07, 6.45) is 8.62. The quantitative estimate of drug-likeness (QED) is 0.735. The highest BCUT2D eigenvalue weighted by Crippen LogP contribution is 2.69. The number of fused-ring (bicyclic) bond motifs is 1. The molecule has 3 heteroatoms. The van der Waals surface area contributed by atoms with Gasteiger partial charge in [-0.2, -0.15) is 0 Å². The third-order valence-electron chi connectivity index (χ3n) is 7.17. The number of carbonyl (C=O) groups excluding carboxylic acids is 1. The van der Waals surface area contributed by atoms with E-state index in [-0.39, 0.29) is 5.41 Å². The van der Waals surface area contributed by atoms with Gasteiger partial charge in [0.05, 0.1) is 5.41 Å². The predicted octanol–water partition coefficient (Wildman–Crippen LogP) is 4.63. The molecule has 2 heterocycles. The van der Waals surface area contributed by atoms with Crippen LogP contribution in [0, 0.1) is 22.2 Å². The van der Waals surface area contributed by atoms with Crippen molar-refractivity contribution >= 4 is 17.2 Å². The minimum Gasteiger partial charge on any atom is -0.337 e. The van der Waals surface area contributed by atoms with E-state index in [1.807, 2.05) is 11.3 Å². The molecular formula is C20H27NOS. The molecule has 1 aliphatic heterocycles. The molecule has 6 rings (SSSR count). The number of thiophene rings is 1. The van der Waals surface area contributed by atoms with Crippen LogP contribution in [0.25, 0.3) is 0 Å². The second-order valence-electron chi connectivity index (χ2n) is 9.76. The summed E-state index contributed by atoms with van der Waals surface area (Å²) in [5.74, 6) is 1.29. The Morgan fingerprint density at radius 1 is 1.17 bits per heavy atom. The zero-order valence-corrected chi connectivity index (χ0v) is 15.2. The van der Waals surface area contributed by atoms with Crippen molar-refractivity contribution in [2.75, 3.05) is 6.54 Å². The van der Waals surface area contributed by atoms with Crippen LogP contribution in [0.3, 0.4) is 0 Å². The lowest BCUT2D eigenvalue weighted by Gasteiger charge is -2.65. The molecule has 1 aromatic heterocycles. The Balaban J connectivity index is 1.46. The van der Waals surface area contributed by atoms with Crippen molar-refractivity contribution < 1.29 is 4.79 Å². The van der Waals surface area contributed by atoms with E-state index in [4.69, 9.17) is 0 Å². The number of hydrogen-bond donors (Lipinski definition) is 0. The third kappa shape index (κ3) is 2.08. The monoisotopic (exact) mass is 329 g/mol. The second-order valence-corrected chi connectivity index (χ2v) is 10.8. The van der Waals surface area contributed by atoms with Crippen molar-refractivity contribution in [3.05, 3.63) is 21.9 Å². The van der Waals surface area contributed by atoms with Gasteiger partial charge in [-0.25, -0.2) is 0 Å². The summed E-state index contributed by atoms with van der Waals surface area (Å²) < 4.78 is 0. The molecule has 0 spiro atoms. The molecule has 5 aliphatic rings. The van der Waals surface area contributed by atoms with Gasteiger partial charge in [0.2, 0.25) is 5.91 Å².